The summed E-state index contributed by atoms with van der Waals surface area (Å²) in [5.41, 5.74) is 0. The minimum absolute atomic E-state index is 0.318. The van der Waals surface area contributed by atoms with E-state index in [9.17, 15) is 18.0 Å². The molecular weight excluding hydrogens is 201 g/mol. The van der Waals surface area contributed by atoms with Crippen molar-refractivity contribution in [3.05, 3.63) is 0 Å². The molecule has 1 N–H and O–H groups in total. The summed E-state index contributed by atoms with van der Waals surface area (Å²) in [6.07, 6.45) is -5.42. The van der Waals surface area contributed by atoms with E-state index in [4.69, 9.17) is 9.84 Å². The molecule has 0 amide bonds. The Hall–Kier alpha value is -0.780. The van der Waals surface area contributed by atoms with Crippen molar-refractivity contribution in [3.63, 3.8) is 0 Å². The van der Waals surface area contributed by atoms with E-state index in [-0.39, 0.29) is 0 Å². The molecule has 14 heavy (non-hydrogen) atoms. The predicted molar refractivity (Wildman–Crippen MR) is 38.6 cm³/mol. The van der Waals surface area contributed by atoms with E-state index < -0.39 is 36.2 Å². The molecule has 2 fully saturated rings. The molecule has 0 aliphatic carbocycles. The van der Waals surface area contributed by atoms with Crippen molar-refractivity contribution in [2.24, 2.45) is 11.8 Å². The molecule has 2 aliphatic rings. The number of carboxylic acids is 1. The monoisotopic (exact) mass is 210 g/mol. The summed E-state index contributed by atoms with van der Waals surface area (Å²) in [5.74, 6) is -4.63. The normalized spacial score (nSPS) is 41.6. The molecule has 0 spiro atoms. The smallest absolute Gasteiger partial charge is 0.395 e. The number of halogens is 3. The molecule has 2 aliphatic heterocycles. The van der Waals surface area contributed by atoms with E-state index in [1.165, 1.54) is 0 Å². The summed E-state index contributed by atoms with van der Waals surface area (Å²) in [5, 5.41) is 8.69. The molecule has 3 nitrogen and oxygen atoms in total. The number of aliphatic carboxylic acids is 1. The quantitative estimate of drug-likeness (QED) is 0.712. The van der Waals surface area contributed by atoms with Crippen LogP contribution >= 0.6 is 0 Å². The van der Waals surface area contributed by atoms with Gasteiger partial charge in [0.15, 0.2) is 0 Å². The van der Waals surface area contributed by atoms with Gasteiger partial charge in [-0.25, -0.2) is 0 Å². The lowest BCUT2D eigenvalue weighted by atomic mass is 9.79. The van der Waals surface area contributed by atoms with Gasteiger partial charge in [-0.3, -0.25) is 4.79 Å². The Morgan fingerprint density at radius 3 is 2.29 bits per heavy atom. The number of hydrogen-bond acceptors (Lipinski definition) is 2. The molecule has 0 aromatic rings. The lowest BCUT2D eigenvalue weighted by Gasteiger charge is -2.26. The number of carbonyl (C=O) groups is 1. The van der Waals surface area contributed by atoms with Gasteiger partial charge >= 0.3 is 12.1 Å². The van der Waals surface area contributed by atoms with Gasteiger partial charge in [0, 0.05) is 0 Å². The zero-order valence-corrected chi connectivity index (χ0v) is 7.12. The second kappa shape index (κ2) is 2.85. The summed E-state index contributed by atoms with van der Waals surface area (Å²) in [7, 11) is 0. The maximum Gasteiger partial charge on any atom is 0.395 e. The van der Waals surface area contributed by atoms with Gasteiger partial charge in [-0.1, -0.05) is 0 Å². The Bertz CT molecular complexity index is 263. The highest BCUT2D eigenvalue weighted by atomic mass is 19.4. The van der Waals surface area contributed by atoms with Crippen molar-refractivity contribution in [3.8, 4) is 0 Å². The van der Waals surface area contributed by atoms with Crippen LogP contribution in [0.1, 0.15) is 12.8 Å². The molecule has 0 aromatic carbocycles. The van der Waals surface area contributed by atoms with Gasteiger partial charge in [0.05, 0.1) is 24.0 Å². The van der Waals surface area contributed by atoms with Crippen LogP contribution in [0, 0.1) is 11.8 Å². The van der Waals surface area contributed by atoms with Crippen LogP contribution in [-0.4, -0.2) is 29.5 Å². The number of hydrogen-bond donors (Lipinski definition) is 1. The third-order valence-corrected chi connectivity index (χ3v) is 2.94. The first-order chi connectivity index (χ1) is 6.41. The van der Waals surface area contributed by atoms with Crippen LogP contribution in [0.5, 0.6) is 0 Å². The van der Waals surface area contributed by atoms with Crippen LogP contribution in [-0.2, 0) is 9.53 Å². The first-order valence-corrected chi connectivity index (χ1v) is 4.36. The van der Waals surface area contributed by atoms with Gasteiger partial charge in [-0.15, -0.1) is 0 Å². The number of ether oxygens (including phenoxy) is 1. The molecule has 2 bridgehead atoms. The minimum atomic E-state index is -4.47. The van der Waals surface area contributed by atoms with Gasteiger partial charge in [0.1, 0.15) is 0 Å². The zero-order chi connectivity index (χ0) is 10.5. The Morgan fingerprint density at radius 2 is 1.86 bits per heavy atom. The highest BCUT2D eigenvalue weighted by Crippen LogP contribution is 2.50. The van der Waals surface area contributed by atoms with Gasteiger partial charge in [-0.2, -0.15) is 13.2 Å². The summed E-state index contributed by atoms with van der Waals surface area (Å²) < 4.78 is 42.4. The van der Waals surface area contributed by atoms with Crippen molar-refractivity contribution in [1.29, 1.82) is 0 Å². The Labute approximate surface area is 77.8 Å². The van der Waals surface area contributed by atoms with Crippen LogP contribution in [0.15, 0.2) is 0 Å². The maximum atomic E-state index is 12.5. The number of rotatable bonds is 1. The highest BCUT2D eigenvalue weighted by molar-refractivity contribution is 5.72. The van der Waals surface area contributed by atoms with Crippen LogP contribution in [0.3, 0.4) is 0 Å². The number of carboxylic acid groups (broad SMARTS) is 1. The fraction of sp³-hybridized carbons (Fsp3) is 0.875. The summed E-state index contributed by atoms with van der Waals surface area (Å²) in [6, 6.07) is 0. The Kier molecular flexibility index (Phi) is 1.99. The van der Waals surface area contributed by atoms with E-state index >= 15 is 0 Å². The van der Waals surface area contributed by atoms with Crippen LogP contribution < -0.4 is 0 Å². The standard InChI is InChI=1S/C8H9F3O3/c9-8(10,11)6-4-2-1-3(14-4)5(6)7(12)13/h3-6H,1-2H2,(H,12,13)/t3?,4?,5-,6+/m0/s1. The van der Waals surface area contributed by atoms with Crippen molar-refractivity contribution in [1.82, 2.24) is 0 Å². The van der Waals surface area contributed by atoms with E-state index in [1.807, 2.05) is 0 Å². The second-order valence-electron chi connectivity index (χ2n) is 3.72. The molecule has 6 heteroatoms. The van der Waals surface area contributed by atoms with Crippen LogP contribution in [0.25, 0.3) is 0 Å². The van der Waals surface area contributed by atoms with Crippen molar-refractivity contribution >= 4 is 5.97 Å². The van der Waals surface area contributed by atoms with Crippen LogP contribution in [0.2, 0.25) is 0 Å². The highest BCUT2D eigenvalue weighted by Gasteiger charge is 2.62. The third kappa shape index (κ3) is 1.28. The summed E-state index contributed by atoms with van der Waals surface area (Å²) >= 11 is 0. The molecule has 2 heterocycles. The number of fused-ring (bicyclic) bond motifs is 2. The fourth-order valence-electron chi connectivity index (χ4n) is 2.41. The molecule has 80 valence electrons. The predicted octanol–water partition coefficient (Wildman–Crippen LogP) is 1.43. The molecular formula is C8H9F3O3. The van der Waals surface area contributed by atoms with Crippen molar-refractivity contribution in [2.45, 2.75) is 31.2 Å². The van der Waals surface area contributed by atoms with E-state index in [1.54, 1.807) is 0 Å². The largest absolute Gasteiger partial charge is 0.481 e. The SMILES string of the molecule is O=C(O)[C@H]1C2CCC(O2)[C@H]1C(F)(F)F. The van der Waals surface area contributed by atoms with Crippen molar-refractivity contribution in [2.75, 3.05) is 0 Å². The maximum absolute atomic E-state index is 12.5. The summed E-state index contributed by atoms with van der Waals surface area (Å²) in [4.78, 5) is 10.7. The topological polar surface area (TPSA) is 46.5 Å². The van der Waals surface area contributed by atoms with Crippen LogP contribution in [0.4, 0.5) is 13.2 Å². The summed E-state index contributed by atoms with van der Waals surface area (Å²) in [6.45, 7) is 0. The number of alkyl halides is 3. The fourth-order valence-corrected chi connectivity index (χ4v) is 2.41. The first-order valence-electron chi connectivity index (χ1n) is 4.36. The third-order valence-electron chi connectivity index (χ3n) is 2.94. The molecule has 0 saturated carbocycles. The van der Waals surface area contributed by atoms with Crippen molar-refractivity contribution < 1.29 is 27.8 Å². The second-order valence-corrected chi connectivity index (χ2v) is 3.72. The molecule has 0 aromatic heterocycles. The molecule has 2 unspecified atom stereocenters. The van der Waals surface area contributed by atoms with Gasteiger partial charge in [0.25, 0.3) is 0 Å². The van der Waals surface area contributed by atoms with E-state index in [2.05, 4.69) is 0 Å². The average Bonchev–Trinajstić information content (AvgIpc) is 2.58. The van der Waals surface area contributed by atoms with Gasteiger partial charge in [0.2, 0.25) is 0 Å². The van der Waals surface area contributed by atoms with Gasteiger partial charge in [-0.05, 0) is 12.8 Å². The van der Waals surface area contributed by atoms with E-state index in [0.29, 0.717) is 12.8 Å². The molecule has 2 rings (SSSR count). The average molecular weight is 210 g/mol. The lowest BCUT2D eigenvalue weighted by Crippen LogP contribution is -2.42. The molecule has 4 atom stereocenters. The lowest BCUT2D eigenvalue weighted by molar-refractivity contribution is -0.201. The van der Waals surface area contributed by atoms with E-state index in [0.717, 1.165) is 0 Å². The van der Waals surface area contributed by atoms with Gasteiger partial charge < -0.3 is 9.84 Å². The zero-order valence-electron chi connectivity index (χ0n) is 7.12. The Morgan fingerprint density at radius 1 is 1.29 bits per heavy atom. The molecule has 2 saturated heterocycles. The first kappa shape index (κ1) is 9.76. The molecule has 0 radical (unpaired) electrons. The Balaban J connectivity index is 2.26. The minimum Gasteiger partial charge on any atom is -0.481 e.